The lowest BCUT2D eigenvalue weighted by molar-refractivity contribution is -0.142. The summed E-state index contributed by atoms with van der Waals surface area (Å²) in [6.45, 7) is 0. The number of esters is 1. The highest BCUT2D eigenvalue weighted by Gasteiger charge is 2.46. The zero-order valence-electron chi connectivity index (χ0n) is 17.4. The summed E-state index contributed by atoms with van der Waals surface area (Å²) in [7, 11) is 5.55. The third-order valence-electron chi connectivity index (χ3n) is 5.85. The summed E-state index contributed by atoms with van der Waals surface area (Å²) < 4.78 is 11.3. The van der Waals surface area contributed by atoms with E-state index in [0.29, 0.717) is 23.1 Å². The highest BCUT2D eigenvalue weighted by Crippen LogP contribution is 2.43. The SMILES string of the molecule is COc1c(C(=O)OC2(C(N)=O)CCC(C(c3ccccc3)N(C)C)CC2)csc1Cl. The lowest BCUT2D eigenvalue weighted by Gasteiger charge is -2.41. The van der Waals surface area contributed by atoms with Gasteiger partial charge in [-0.2, -0.15) is 0 Å². The lowest BCUT2D eigenvalue weighted by Crippen LogP contribution is -2.51. The molecule has 0 radical (unpaired) electrons. The number of halogens is 1. The van der Waals surface area contributed by atoms with Crippen molar-refractivity contribution in [2.45, 2.75) is 37.3 Å². The van der Waals surface area contributed by atoms with Gasteiger partial charge in [0.25, 0.3) is 5.91 Å². The first-order valence-corrected chi connectivity index (χ1v) is 11.1. The Labute approximate surface area is 185 Å². The third-order valence-corrected chi connectivity index (χ3v) is 7.03. The number of hydrogen-bond acceptors (Lipinski definition) is 6. The van der Waals surface area contributed by atoms with Crippen molar-refractivity contribution in [3.8, 4) is 5.75 Å². The summed E-state index contributed by atoms with van der Waals surface area (Å²) in [6.07, 6.45) is 2.21. The number of carbonyl (C=O) groups excluding carboxylic acids is 2. The molecule has 1 unspecified atom stereocenters. The molecule has 3 rings (SSSR count). The summed E-state index contributed by atoms with van der Waals surface area (Å²) in [4.78, 5) is 27.3. The molecule has 1 heterocycles. The van der Waals surface area contributed by atoms with E-state index in [1.54, 1.807) is 5.38 Å². The molecule has 1 aliphatic carbocycles. The van der Waals surface area contributed by atoms with Crippen molar-refractivity contribution in [2.75, 3.05) is 21.2 Å². The molecule has 1 aromatic carbocycles. The van der Waals surface area contributed by atoms with Crippen molar-refractivity contribution in [3.63, 3.8) is 0 Å². The Morgan fingerprint density at radius 1 is 1.23 bits per heavy atom. The average molecular weight is 451 g/mol. The topological polar surface area (TPSA) is 81.9 Å². The largest absolute Gasteiger partial charge is 0.493 e. The number of carbonyl (C=O) groups is 2. The van der Waals surface area contributed by atoms with Crippen LogP contribution in [0.1, 0.15) is 47.6 Å². The van der Waals surface area contributed by atoms with Crippen LogP contribution in [0.4, 0.5) is 0 Å². The van der Waals surface area contributed by atoms with Crippen molar-refractivity contribution in [1.29, 1.82) is 0 Å². The highest BCUT2D eigenvalue weighted by molar-refractivity contribution is 7.15. The van der Waals surface area contributed by atoms with E-state index in [-0.39, 0.29) is 17.4 Å². The van der Waals surface area contributed by atoms with E-state index >= 15 is 0 Å². The Morgan fingerprint density at radius 2 is 1.87 bits per heavy atom. The van der Waals surface area contributed by atoms with Gasteiger partial charge in [-0.15, -0.1) is 11.3 Å². The molecule has 8 heteroatoms. The van der Waals surface area contributed by atoms with Crippen LogP contribution < -0.4 is 10.5 Å². The molecule has 1 aromatic heterocycles. The normalized spacial score (nSPS) is 22.5. The third kappa shape index (κ3) is 4.48. The van der Waals surface area contributed by atoms with Crippen LogP contribution in [0.2, 0.25) is 4.34 Å². The van der Waals surface area contributed by atoms with Gasteiger partial charge >= 0.3 is 5.97 Å². The molecule has 0 saturated heterocycles. The summed E-state index contributed by atoms with van der Waals surface area (Å²) in [5, 5.41) is 1.57. The second kappa shape index (κ2) is 9.37. The molecule has 162 valence electrons. The number of rotatable bonds is 7. The van der Waals surface area contributed by atoms with E-state index in [1.807, 2.05) is 18.2 Å². The van der Waals surface area contributed by atoms with Crippen LogP contribution in [0.25, 0.3) is 0 Å². The number of ether oxygens (including phenoxy) is 2. The molecule has 0 bridgehead atoms. The monoisotopic (exact) mass is 450 g/mol. The maximum absolute atomic E-state index is 12.8. The number of primary amides is 1. The fourth-order valence-electron chi connectivity index (χ4n) is 4.35. The van der Waals surface area contributed by atoms with Gasteiger partial charge in [0.05, 0.1) is 7.11 Å². The maximum Gasteiger partial charge on any atom is 0.343 e. The van der Waals surface area contributed by atoms with E-state index < -0.39 is 17.5 Å². The van der Waals surface area contributed by atoms with Gasteiger partial charge in [-0.05, 0) is 51.3 Å². The van der Waals surface area contributed by atoms with Crippen LogP contribution in [0.3, 0.4) is 0 Å². The van der Waals surface area contributed by atoms with Gasteiger partial charge in [-0.3, -0.25) is 4.79 Å². The minimum atomic E-state index is -1.32. The molecule has 0 spiro atoms. The first-order chi connectivity index (χ1) is 14.3. The van der Waals surface area contributed by atoms with E-state index in [1.165, 1.54) is 24.0 Å². The second-order valence-electron chi connectivity index (χ2n) is 7.86. The van der Waals surface area contributed by atoms with E-state index in [4.69, 9.17) is 26.8 Å². The van der Waals surface area contributed by atoms with Crippen molar-refractivity contribution >= 4 is 34.8 Å². The van der Waals surface area contributed by atoms with Gasteiger partial charge < -0.3 is 20.1 Å². The molecular formula is C22H27ClN2O4S. The van der Waals surface area contributed by atoms with Crippen LogP contribution >= 0.6 is 22.9 Å². The Morgan fingerprint density at radius 3 is 2.40 bits per heavy atom. The second-order valence-corrected chi connectivity index (χ2v) is 9.34. The summed E-state index contributed by atoms with van der Waals surface area (Å²) in [5.74, 6) is -0.675. The molecule has 1 atom stereocenters. The van der Waals surface area contributed by atoms with Crippen LogP contribution in [-0.2, 0) is 9.53 Å². The highest BCUT2D eigenvalue weighted by atomic mass is 35.5. The van der Waals surface area contributed by atoms with Gasteiger partial charge in [0, 0.05) is 11.4 Å². The first kappa shape index (κ1) is 22.6. The molecule has 0 aliphatic heterocycles. The minimum Gasteiger partial charge on any atom is -0.493 e. The zero-order valence-corrected chi connectivity index (χ0v) is 19.0. The molecular weight excluding hydrogens is 424 g/mol. The Hall–Kier alpha value is -2.09. The van der Waals surface area contributed by atoms with Crippen molar-refractivity contribution in [1.82, 2.24) is 4.90 Å². The molecule has 30 heavy (non-hydrogen) atoms. The fraction of sp³-hybridized carbons (Fsp3) is 0.455. The summed E-state index contributed by atoms with van der Waals surface area (Å²) >= 11 is 7.24. The van der Waals surface area contributed by atoms with Gasteiger partial charge in [-0.25, -0.2) is 4.79 Å². The molecule has 1 amide bonds. The number of methoxy groups -OCH3 is 1. The maximum atomic E-state index is 12.8. The fourth-order valence-corrected chi connectivity index (χ4v) is 5.39. The molecule has 1 fully saturated rings. The van der Waals surface area contributed by atoms with Gasteiger partial charge in [0.1, 0.15) is 9.90 Å². The van der Waals surface area contributed by atoms with E-state index in [0.717, 1.165) is 12.8 Å². The Kier molecular flexibility index (Phi) is 7.06. The van der Waals surface area contributed by atoms with Crippen LogP contribution in [-0.4, -0.2) is 43.6 Å². The zero-order chi connectivity index (χ0) is 21.9. The minimum absolute atomic E-state index is 0.212. The van der Waals surface area contributed by atoms with Crippen LogP contribution in [0, 0.1) is 5.92 Å². The standard InChI is InChI=1S/C22H27ClN2O4S/c1-25(2)17(14-7-5-4-6-8-14)15-9-11-22(12-10-15,21(24)27)29-20(26)16-13-30-19(23)18(16)28-3/h4-8,13,15,17H,9-12H2,1-3H3,(H2,24,27). The Bertz CT molecular complexity index is 892. The molecule has 6 nitrogen and oxygen atoms in total. The summed E-state index contributed by atoms with van der Waals surface area (Å²) in [5.41, 5.74) is 5.84. The number of benzene rings is 1. The van der Waals surface area contributed by atoms with E-state index in [9.17, 15) is 9.59 Å². The quantitative estimate of drug-likeness (QED) is 0.636. The van der Waals surface area contributed by atoms with E-state index in [2.05, 4.69) is 31.1 Å². The number of nitrogens with zero attached hydrogens (tertiary/aromatic N) is 1. The van der Waals surface area contributed by atoms with Gasteiger partial charge in [0.15, 0.2) is 11.4 Å². The number of nitrogens with two attached hydrogens (primary N) is 1. The van der Waals surface area contributed by atoms with Crippen LogP contribution in [0.15, 0.2) is 35.7 Å². The smallest absolute Gasteiger partial charge is 0.343 e. The summed E-state index contributed by atoms with van der Waals surface area (Å²) in [6, 6.07) is 10.5. The Balaban J connectivity index is 1.77. The number of thiophene rings is 1. The lowest BCUT2D eigenvalue weighted by atomic mass is 9.73. The van der Waals surface area contributed by atoms with Gasteiger partial charge in [-0.1, -0.05) is 41.9 Å². The average Bonchev–Trinajstić information content (AvgIpc) is 3.10. The number of hydrogen-bond donors (Lipinski definition) is 1. The van der Waals surface area contributed by atoms with Crippen molar-refractivity contribution in [3.05, 3.63) is 51.2 Å². The van der Waals surface area contributed by atoms with Crippen molar-refractivity contribution < 1.29 is 19.1 Å². The molecule has 1 saturated carbocycles. The predicted octanol–water partition coefficient (Wildman–Crippen LogP) is 4.28. The predicted molar refractivity (Wildman–Crippen MR) is 118 cm³/mol. The molecule has 2 N–H and O–H groups in total. The van der Waals surface area contributed by atoms with Crippen molar-refractivity contribution in [2.24, 2.45) is 11.7 Å². The molecule has 2 aromatic rings. The first-order valence-electron chi connectivity index (χ1n) is 9.84. The van der Waals surface area contributed by atoms with Crippen LogP contribution in [0.5, 0.6) is 5.75 Å². The molecule has 1 aliphatic rings. The van der Waals surface area contributed by atoms with Gasteiger partial charge in [0.2, 0.25) is 0 Å². The number of amides is 1.